The van der Waals surface area contributed by atoms with Crippen molar-refractivity contribution in [1.82, 2.24) is 4.57 Å². The Morgan fingerprint density at radius 1 is 1.02 bits per heavy atom. The number of amides is 1. The van der Waals surface area contributed by atoms with Gasteiger partial charge in [-0.05, 0) is 68.8 Å². The largest absolute Gasteiger partial charge is 0.497 e. The summed E-state index contributed by atoms with van der Waals surface area (Å²) in [4.78, 5) is 35.4. The second-order valence-corrected chi connectivity index (χ2v) is 10.8. The van der Waals surface area contributed by atoms with E-state index in [4.69, 9.17) is 14.5 Å². The number of carbonyl (C=O) groups is 1. The molecule has 3 aromatic carbocycles. The van der Waals surface area contributed by atoms with Gasteiger partial charge in [-0.3, -0.25) is 14.2 Å². The molecule has 1 amide bonds. The molecule has 0 radical (unpaired) electrons. The molecule has 1 N–H and O–H groups in total. The molecule has 0 saturated carbocycles. The van der Waals surface area contributed by atoms with E-state index in [0.29, 0.717) is 37.8 Å². The minimum absolute atomic E-state index is 0.237. The average Bonchev–Trinajstić information content (AvgIpc) is 3.31. The average molecular weight is 583 g/mol. The molecule has 42 heavy (non-hydrogen) atoms. The fourth-order valence-electron chi connectivity index (χ4n) is 5.20. The lowest BCUT2D eigenvalue weighted by atomic mass is 9.95. The first-order valence-corrected chi connectivity index (χ1v) is 14.7. The van der Waals surface area contributed by atoms with E-state index in [2.05, 4.69) is 24.1 Å². The summed E-state index contributed by atoms with van der Waals surface area (Å²) in [6, 6.07) is 22.0. The van der Waals surface area contributed by atoms with Crippen molar-refractivity contribution in [2.75, 3.05) is 37.5 Å². The third-order valence-corrected chi connectivity index (χ3v) is 8.32. The molecule has 1 aliphatic rings. The van der Waals surface area contributed by atoms with Crippen LogP contribution in [0.15, 0.2) is 93.9 Å². The number of anilines is 2. The first-order chi connectivity index (χ1) is 20.4. The molecular formula is C33H34N4O4S. The maximum Gasteiger partial charge on any atom is 0.271 e. The van der Waals surface area contributed by atoms with Crippen molar-refractivity contribution in [3.8, 4) is 11.5 Å². The fraction of sp³-hybridized carbons (Fsp3) is 0.242. The Hall–Kier alpha value is -4.63. The highest BCUT2D eigenvalue weighted by atomic mass is 32.1. The van der Waals surface area contributed by atoms with E-state index >= 15 is 0 Å². The number of para-hydroxylation sites is 1. The number of carbonyl (C=O) groups excluding carboxylic acids is 1. The molecular weight excluding hydrogens is 548 g/mol. The second-order valence-electron chi connectivity index (χ2n) is 9.78. The van der Waals surface area contributed by atoms with Crippen molar-refractivity contribution in [3.63, 3.8) is 0 Å². The number of methoxy groups -OCH3 is 2. The van der Waals surface area contributed by atoms with Gasteiger partial charge in [-0.25, -0.2) is 4.99 Å². The molecule has 1 atom stereocenters. The summed E-state index contributed by atoms with van der Waals surface area (Å²) >= 11 is 1.29. The smallest absolute Gasteiger partial charge is 0.271 e. The topological polar surface area (TPSA) is 85.2 Å². The molecule has 0 aliphatic carbocycles. The van der Waals surface area contributed by atoms with Gasteiger partial charge < -0.3 is 19.7 Å². The summed E-state index contributed by atoms with van der Waals surface area (Å²) in [6.07, 6.45) is 1.83. The first kappa shape index (κ1) is 28.9. The minimum Gasteiger partial charge on any atom is -0.497 e. The lowest BCUT2D eigenvalue weighted by Crippen LogP contribution is -2.40. The number of hydrogen-bond donors (Lipinski definition) is 1. The minimum atomic E-state index is -0.700. The molecule has 0 spiro atoms. The van der Waals surface area contributed by atoms with Crippen LogP contribution in [0.5, 0.6) is 11.5 Å². The number of nitrogens with one attached hydrogen (secondary N) is 1. The van der Waals surface area contributed by atoms with Crippen LogP contribution in [-0.2, 0) is 4.79 Å². The molecule has 1 aromatic heterocycles. The van der Waals surface area contributed by atoms with Crippen LogP contribution in [0, 0.1) is 0 Å². The Balaban J connectivity index is 1.66. The maximum absolute atomic E-state index is 14.1. The highest BCUT2D eigenvalue weighted by molar-refractivity contribution is 7.07. The zero-order valence-electron chi connectivity index (χ0n) is 24.4. The van der Waals surface area contributed by atoms with Crippen LogP contribution in [0.25, 0.3) is 6.08 Å². The van der Waals surface area contributed by atoms with Crippen LogP contribution >= 0.6 is 11.3 Å². The predicted molar refractivity (Wildman–Crippen MR) is 168 cm³/mol. The van der Waals surface area contributed by atoms with E-state index in [9.17, 15) is 9.59 Å². The van der Waals surface area contributed by atoms with Gasteiger partial charge in [0.1, 0.15) is 11.5 Å². The summed E-state index contributed by atoms with van der Waals surface area (Å²) in [5.41, 5.74) is 3.95. The van der Waals surface area contributed by atoms with Gasteiger partial charge in [0.15, 0.2) is 4.80 Å². The van der Waals surface area contributed by atoms with E-state index in [1.807, 2.05) is 78.9 Å². The summed E-state index contributed by atoms with van der Waals surface area (Å²) < 4.78 is 13.3. The van der Waals surface area contributed by atoms with Gasteiger partial charge in [-0.1, -0.05) is 41.7 Å². The van der Waals surface area contributed by atoms with Crippen molar-refractivity contribution in [1.29, 1.82) is 0 Å². The summed E-state index contributed by atoms with van der Waals surface area (Å²) in [5, 5.41) is 2.98. The number of aromatic nitrogens is 1. The lowest BCUT2D eigenvalue weighted by molar-refractivity contribution is -0.113. The molecule has 0 saturated heterocycles. The third kappa shape index (κ3) is 5.60. The van der Waals surface area contributed by atoms with Gasteiger partial charge in [-0.15, -0.1) is 0 Å². The Morgan fingerprint density at radius 3 is 2.48 bits per heavy atom. The number of fused-ring (bicyclic) bond motifs is 1. The Morgan fingerprint density at radius 2 is 1.79 bits per heavy atom. The molecule has 0 unspecified atom stereocenters. The molecule has 9 heteroatoms. The molecule has 8 nitrogen and oxygen atoms in total. The number of nitrogens with zero attached hydrogens (tertiary/aromatic N) is 3. The number of hydrogen-bond acceptors (Lipinski definition) is 7. The number of allylic oxidation sites excluding steroid dienone is 1. The SMILES string of the molecule is CCN(CC)c1ccc(/C=c2\sc3n(c2=O)[C@H](c2cccc(OC)c2)C(C(=O)Nc2ccccc2)=C(C)N=3)c(OC)c1. The van der Waals surface area contributed by atoms with Crippen molar-refractivity contribution >= 4 is 34.7 Å². The quantitative estimate of drug-likeness (QED) is 0.308. The van der Waals surface area contributed by atoms with Crippen LogP contribution in [0.3, 0.4) is 0 Å². The van der Waals surface area contributed by atoms with Gasteiger partial charge in [-0.2, -0.15) is 0 Å². The summed E-state index contributed by atoms with van der Waals surface area (Å²) in [6.45, 7) is 7.78. The number of ether oxygens (including phenoxy) is 2. The fourth-order valence-corrected chi connectivity index (χ4v) is 6.24. The summed E-state index contributed by atoms with van der Waals surface area (Å²) in [5.74, 6) is 0.983. The highest BCUT2D eigenvalue weighted by Gasteiger charge is 2.32. The lowest BCUT2D eigenvalue weighted by Gasteiger charge is -2.25. The first-order valence-electron chi connectivity index (χ1n) is 13.8. The maximum atomic E-state index is 14.1. The normalized spacial score (nSPS) is 14.7. The van der Waals surface area contributed by atoms with E-state index in [1.165, 1.54) is 11.3 Å². The van der Waals surface area contributed by atoms with E-state index < -0.39 is 6.04 Å². The molecule has 2 heterocycles. The molecule has 0 bridgehead atoms. The molecule has 0 fully saturated rings. The standard InChI is InChI=1S/C33H34N4O4S/c1-6-36(7-2)25-17-16-22(27(20-25)41-5)19-28-32(39)37-30(23-12-11-15-26(18-23)40-4)29(21(3)34-33(37)42-28)31(38)35-24-13-9-8-10-14-24/h8-20,30H,6-7H2,1-5H3,(H,35,38)/b28-19-/t30-/m1/s1. The van der Waals surface area contributed by atoms with E-state index in [-0.39, 0.29) is 11.5 Å². The summed E-state index contributed by atoms with van der Waals surface area (Å²) in [7, 11) is 3.22. The second kappa shape index (κ2) is 12.5. The molecule has 1 aliphatic heterocycles. The predicted octanol–water partition coefficient (Wildman–Crippen LogP) is 4.74. The van der Waals surface area contributed by atoms with Gasteiger partial charge in [0.25, 0.3) is 11.5 Å². The number of thiazole rings is 1. The monoisotopic (exact) mass is 582 g/mol. The van der Waals surface area contributed by atoms with Crippen LogP contribution in [0.1, 0.15) is 37.9 Å². The zero-order chi connectivity index (χ0) is 29.8. The van der Waals surface area contributed by atoms with Crippen LogP contribution in [-0.4, -0.2) is 37.8 Å². The number of benzene rings is 3. The van der Waals surface area contributed by atoms with Gasteiger partial charge >= 0.3 is 0 Å². The number of rotatable bonds is 9. The zero-order valence-corrected chi connectivity index (χ0v) is 25.2. The van der Waals surface area contributed by atoms with Crippen molar-refractivity contribution in [2.24, 2.45) is 4.99 Å². The highest BCUT2D eigenvalue weighted by Crippen LogP contribution is 2.32. The van der Waals surface area contributed by atoms with Gasteiger partial charge in [0, 0.05) is 36.1 Å². The van der Waals surface area contributed by atoms with E-state index in [1.54, 1.807) is 25.7 Å². The molecule has 5 rings (SSSR count). The Kier molecular flexibility index (Phi) is 8.59. The van der Waals surface area contributed by atoms with E-state index in [0.717, 1.165) is 29.9 Å². The Labute approximate surface area is 248 Å². The van der Waals surface area contributed by atoms with Crippen molar-refractivity contribution in [3.05, 3.63) is 115 Å². The van der Waals surface area contributed by atoms with Crippen molar-refractivity contribution in [2.45, 2.75) is 26.8 Å². The third-order valence-electron chi connectivity index (χ3n) is 7.34. The van der Waals surface area contributed by atoms with Crippen molar-refractivity contribution < 1.29 is 14.3 Å². The van der Waals surface area contributed by atoms with Crippen LogP contribution in [0.4, 0.5) is 11.4 Å². The Bertz CT molecular complexity index is 1820. The van der Waals surface area contributed by atoms with Crippen LogP contribution < -0.4 is 34.6 Å². The van der Waals surface area contributed by atoms with Crippen LogP contribution in [0.2, 0.25) is 0 Å². The van der Waals surface area contributed by atoms with Gasteiger partial charge in [0.05, 0.1) is 36.1 Å². The molecule has 4 aromatic rings. The van der Waals surface area contributed by atoms with Gasteiger partial charge in [0.2, 0.25) is 0 Å². The molecule has 216 valence electrons.